The molecule has 84 valence electrons. The number of benzene rings is 1. The normalized spacial score (nSPS) is 11.1. The Morgan fingerprint density at radius 1 is 1.06 bits per heavy atom. The van der Waals surface area contributed by atoms with E-state index in [0.717, 1.165) is 0 Å². The highest BCUT2D eigenvalue weighted by molar-refractivity contribution is 5.68. The van der Waals surface area contributed by atoms with Gasteiger partial charge < -0.3 is 4.98 Å². The van der Waals surface area contributed by atoms with Gasteiger partial charge in [-0.1, -0.05) is 37.6 Å². The standard InChI is InChI=1S/C15H19N/c1-10(2)14-9-11(3)5-6-13(14)15-12(4)7-8-16-15/h5-10,16H,1-4H3. The van der Waals surface area contributed by atoms with Gasteiger partial charge in [-0.3, -0.25) is 0 Å². The van der Waals surface area contributed by atoms with Crippen LogP contribution < -0.4 is 0 Å². The fourth-order valence-corrected chi connectivity index (χ4v) is 2.12. The van der Waals surface area contributed by atoms with Crippen molar-refractivity contribution in [2.75, 3.05) is 0 Å². The molecule has 0 atom stereocenters. The summed E-state index contributed by atoms with van der Waals surface area (Å²) in [4.78, 5) is 3.34. The maximum Gasteiger partial charge on any atom is 0.0486 e. The van der Waals surface area contributed by atoms with Gasteiger partial charge in [-0.15, -0.1) is 0 Å². The molecule has 1 heterocycles. The summed E-state index contributed by atoms with van der Waals surface area (Å²) in [5, 5.41) is 0. The van der Waals surface area contributed by atoms with Gasteiger partial charge in [0.15, 0.2) is 0 Å². The SMILES string of the molecule is Cc1ccc(-c2[nH]ccc2C)c(C(C)C)c1. The van der Waals surface area contributed by atoms with Crippen molar-refractivity contribution in [1.29, 1.82) is 0 Å². The van der Waals surface area contributed by atoms with Crippen molar-refractivity contribution < 1.29 is 0 Å². The summed E-state index contributed by atoms with van der Waals surface area (Å²) in [7, 11) is 0. The van der Waals surface area contributed by atoms with Crippen molar-refractivity contribution in [1.82, 2.24) is 4.98 Å². The minimum absolute atomic E-state index is 0.553. The summed E-state index contributed by atoms with van der Waals surface area (Å²) in [5.74, 6) is 0.553. The van der Waals surface area contributed by atoms with E-state index in [1.165, 1.54) is 27.9 Å². The number of nitrogens with one attached hydrogen (secondary N) is 1. The average molecular weight is 213 g/mol. The predicted molar refractivity (Wildman–Crippen MR) is 69.8 cm³/mol. The van der Waals surface area contributed by atoms with E-state index in [0.29, 0.717) is 5.92 Å². The van der Waals surface area contributed by atoms with Crippen LogP contribution in [-0.4, -0.2) is 4.98 Å². The van der Waals surface area contributed by atoms with Crippen LogP contribution in [0.15, 0.2) is 30.5 Å². The van der Waals surface area contributed by atoms with Crippen LogP contribution in [0.5, 0.6) is 0 Å². The van der Waals surface area contributed by atoms with Crippen LogP contribution in [0.1, 0.15) is 36.5 Å². The molecule has 0 unspecified atom stereocenters. The quantitative estimate of drug-likeness (QED) is 0.760. The number of aromatic amines is 1. The molecule has 16 heavy (non-hydrogen) atoms. The Kier molecular flexibility index (Phi) is 2.86. The average Bonchev–Trinajstić information content (AvgIpc) is 2.64. The van der Waals surface area contributed by atoms with E-state index in [-0.39, 0.29) is 0 Å². The van der Waals surface area contributed by atoms with Gasteiger partial charge in [0.1, 0.15) is 0 Å². The monoisotopic (exact) mass is 213 g/mol. The largest absolute Gasteiger partial charge is 0.361 e. The lowest BCUT2D eigenvalue weighted by Crippen LogP contribution is -1.94. The third-order valence-electron chi connectivity index (χ3n) is 3.05. The third-order valence-corrected chi connectivity index (χ3v) is 3.05. The van der Waals surface area contributed by atoms with Crippen molar-refractivity contribution in [3.8, 4) is 11.3 Å². The molecule has 0 fully saturated rings. The molecule has 2 rings (SSSR count). The minimum atomic E-state index is 0.553. The molecule has 0 radical (unpaired) electrons. The third kappa shape index (κ3) is 1.90. The van der Waals surface area contributed by atoms with E-state index in [4.69, 9.17) is 0 Å². The lowest BCUT2D eigenvalue weighted by atomic mass is 9.92. The Labute approximate surface area is 97.5 Å². The van der Waals surface area contributed by atoms with E-state index >= 15 is 0 Å². The van der Waals surface area contributed by atoms with Crippen LogP contribution >= 0.6 is 0 Å². The Morgan fingerprint density at radius 3 is 2.38 bits per heavy atom. The van der Waals surface area contributed by atoms with Crippen molar-refractivity contribution in [2.45, 2.75) is 33.6 Å². The molecule has 0 amide bonds. The Morgan fingerprint density at radius 2 is 1.81 bits per heavy atom. The van der Waals surface area contributed by atoms with Gasteiger partial charge in [0.05, 0.1) is 0 Å². The van der Waals surface area contributed by atoms with Crippen LogP contribution in [0.4, 0.5) is 0 Å². The van der Waals surface area contributed by atoms with Crippen molar-refractivity contribution in [3.05, 3.63) is 47.2 Å². The number of aryl methyl sites for hydroxylation is 2. The van der Waals surface area contributed by atoms with E-state index in [9.17, 15) is 0 Å². The second-order valence-electron chi connectivity index (χ2n) is 4.78. The van der Waals surface area contributed by atoms with Gasteiger partial charge in [-0.05, 0) is 37.0 Å². The van der Waals surface area contributed by atoms with Crippen LogP contribution in [0.3, 0.4) is 0 Å². The first-order valence-electron chi connectivity index (χ1n) is 5.84. The van der Waals surface area contributed by atoms with Gasteiger partial charge in [-0.2, -0.15) is 0 Å². The highest BCUT2D eigenvalue weighted by Crippen LogP contribution is 2.30. The zero-order valence-electron chi connectivity index (χ0n) is 10.5. The summed E-state index contributed by atoms with van der Waals surface area (Å²) in [6, 6.07) is 8.82. The fraction of sp³-hybridized carbons (Fsp3) is 0.333. The van der Waals surface area contributed by atoms with Gasteiger partial charge in [-0.25, -0.2) is 0 Å². The van der Waals surface area contributed by atoms with Crippen LogP contribution in [-0.2, 0) is 0 Å². The van der Waals surface area contributed by atoms with Crippen LogP contribution in [0, 0.1) is 13.8 Å². The second-order valence-corrected chi connectivity index (χ2v) is 4.78. The molecular formula is C15H19N. The number of H-pyrrole nitrogens is 1. The number of rotatable bonds is 2. The molecule has 0 saturated heterocycles. The first-order chi connectivity index (χ1) is 7.59. The summed E-state index contributed by atoms with van der Waals surface area (Å²) in [5.41, 5.74) is 6.65. The number of aromatic nitrogens is 1. The van der Waals surface area contributed by atoms with Gasteiger partial charge in [0.2, 0.25) is 0 Å². The molecule has 2 aromatic rings. The fourth-order valence-electron chi connectivity index (χ4n) is 2.12. The molecule has 1 N–H and O–H groups in total. The van der Waals surface area contributed by atoms with Crippen LogP contribution in [0.25, 0.3) is 11.3 Å². The van der Waals surface area contributed by atoms with Gasteiger partial charge in [0.25, 0.3) is 0 Å². The molecule has 0 aliphatic rings. The molecule has 1 aromatic heterocycles. The van der Waals surface area contributed by atoms with Gasteiger partial charge in [0, 0.05) is 17.5 Å². The first kappa shape index (κ1) is 11.0. The van der Waals surface area contributed by atoms with E-state index in [1.807, 2.05) is 6.20 Å². The molecule has 0 bridgehead atoms. The summed E-state index contributed by atoms with van der Waals surface area (Å²) < 4.78 is 0. The van der Waals surface area contributed by atoms with Crippen molar-refractivity contribution in [3.63, 3.8) is 0 Å². The zero-order chi connectivity index (χ0) is 11.7. The molecule has 1 nitrogen and oxygen atoms in total. The maximum atomic E-state index is 3.34. The van der Waals surface area contributed by atoms with Crippen molar-refractivity contribution >= 4 is 0 Å². The first-order valence-corrected chi connectivity index (χ1v) is 5.84. The lowest BCUT2D eigenvalue weighted by molar-refractivity contribution is 0.866. The molecule has 0 aliphatic heterocycles. The Balaban J connectivity index is 2.61. The summed E-state index contributed by atoms with van der Waals surface area (Å²) >= 11 is 0. The summed E-state index contributed by atoms with van der Waals surface area (Å²) in [6.07, 6.45) is 2.01. The zero-order valence-corrected chi connectivity index (χ0v) is 10.5. The number of hydrogen-bond acceptors (Lipinski definition) is 0. The van der Waals surface area contributed by atoms with Crippen LogP contribution in [0.2, 0.25) is 0 Å². The smallest absolute Gasteiger partial charge is 0.0486 e. The van der Waals surface area contributed by atoms with E-state index in [2.05, 4.69) is 56.9 Å². The Bertz CT molecular complexity index is 492. The minimum Gasteiger partial charge on any atom is -0.361 e. The highest BCUT2D eigenvalue weighted by Gasteiger charge is 2.11. The maximum absolute atomic E-state index is 3.34. The molecule has 0 spiro atoms. The molecule has 0 saturated carbocycles. The summed E-state index contributed by atoms with van der Waals surface area (Å²) in [6.45, 7) is 8.79. The highest BCUT2D eigenvalue weighted by atomic mass is 14.7. The molecule has 0 aliphatic carbocycles. The van der Waals surface area contributed by atoms with E-state index < -0.39 is 0 Å². The topological polar surface area (TPSA) is 15.8 Å². The molecule has 1 aromatic carbocycles. The second kappa shape index (κ2) is 4.17. The predicted octanol–water partition coefficient (Wildman–Crippen LogP) is 4.42. The Hall–Kier alpha value is -1.50. The molecule has 1 heteroatoms. The van der Waals surface area contributed by atoms with Crippen molar-refractivity contribution in [2.24, 2.45) is 0 Å². The van der Waals surface area contributed by atoms with E-state index in [1.54, 1.807) is 0 Å². The lowest BCUT2D eigenvalue weighted by Gasteiger charge is -2.13. The van der Waals surface area contributed by atoms with Gasteiger partial charge >= 0.3 is 0 Å². The number of hydrogen-bond donors (Lipinski definition) is 1. The molecular weight excluding hydrogens is 194 g/mol.